The van der Waals surface area contributed by atoms with Gasteiger partial charge in [-0.1, -0.05) is 13.8 Å². The third kappa shape index (κ3) is 3.86. The third-order valence-corrected chi connectivity index (χ3v) is 7.93. The highest BCUT2D eigenvalue weighted by molar-refractivity contribution is 5.93. The topological polar surface area (TPSA) is 118 Å². The Bertz CT molecular complexity index is 938. The van der Waals surface area contributed by atoms with E-state index in [4.69, 9.17) is 23.4 Å². The van der Waals surface area contributed by atoms with E-state index in [1.807, 2.05) is 13.8 Å². The SMILES string of the molecule is COCOC(=O)[C@@H]1C[C@H](OC(C)=O)C(=O)[C@@H]2[C@@]3(C)C[C@@H](c4ccoc4)OC(=O)[C@H]3CC[C@]21C. The van der Waals surface area contributed by atoms with E-state index in [0.29, 0.717) is 24.8 Å². The van der Waals surface area contributed by atoms with Crippen molar-refractivity contribution >= 4 is 23.7 Å². The summed E-state index contributed by atoms with van der Waals surface area (Å²) in [6, 6.07) is 1.74. The number of methoxy groups -OCH3 is 1. The smallest absolute Gasteiger partial charge is 0.311 e. The molecule has 1 aromatic rings. The number of ether oxygens (including phenoxy) is 4. The van der Waals surface area contributed by atoms with E-state index in [0.717, 1.165) is 0 Å². The van der Waals surface area contributed by atoms with E-state index < -0.39 is 52.7 Å². The monoisotopic (exact) mass is 462 g/mol. The van der Waals surface area contributed by atoms with Crippen molar-refractivity contribution in [3.8, 4) is 0 Å². The fraction of sp³-hybridized carbons (Fsp3) is 0.667. The summed E-state index contributed by atoms with van der Waals surface area (Å²) >= 11 is 0. The van der Waals surface area contributed by atoms with Gasteiger partial charge in [-0.2, -0.15) is 0 Å². The highest BCUT2D eigenvalue weighted by Crippen LogP contribution is 2.65. The molecule has 3 aliphatic rings. The van der Waals surface area contributed by atoms with Crippen molar-refractivity contribution in [2.45, 2.75) is 58.7 Å². The predicted octanol–water partition coefficient (Wildman–Crippen LogP) is 2.97. The van der Waals surface area contributed by atoms with Gasteiger partial charge >= 0.3 is 17.9 Å². The fourth-order valence-corrected chi connectivity index (χ4v) is 6.54. The van der Waals surface area contributed by atoms with E-state index in [1.165, 1.54) is 26.6 Å². The Balaban J connectivity index is 1.76. The van der Waals surface area contributed by atoms with Crippen LogP contribution in [-0.4, -0.2) is 43.7 Å². The zero-order valence-corrected chi connectivity index (χ0v) is 19.3. The number of fused-ring (bicyclic) bond motifs is 3. The van der Waals surface area contributed by atoms with Crippen LogP contribution in [-0.2, 0) is 38.1 Å². The summed E-state index contributed by atoms with van der Waals surface area (Å²) in [5.74, 6) is -3.62. The molecule has 4 rings (SSSR count). The van der Waals surface area contributed by atoms with Gasteiger partial charge in [0.1, 0.15) is 6.10 Å². The van der Waals surface area contributed by atoms with Crippen LogP contribution in [0, 0.1) is 28.6 Å². The molecule has 2 aliphatic carbocycles. The summed E-state index contributed by atoms with van der Waals surface area (Å²) in [6.45, 7) is 4.85. The number of Topliss-reactive ketones (excluding diaryl/α,β-unsaturated/α-hetero) is 1. The van der Waals surface area contributed by atoms with Gasteiger partial charge in [0.2, 0.25) is 0 Å². The number of hydrogen-bond acceptors (Lipinski definition) is 9. The van der Waals surface area contributed by atoms with Crippen LogP contribution in [0.2, 0.25) is 0 Å². The summed E-state index contributed by atoms with van der Waals surface area (Å²) in [6.07, 6.45) is 2.77. The Morgan fingerprint density at radius 3 is 2.61 bits per heavy atom. The largest absolute Gasteiger partial charge is 0.472 e. The maximum absolute atomic E-state index is 13.8. The van der Waals surface area contributed by atoms with E-state index in [1.54, 1.807) is 6.07 Å². The highest BCUT2D eigenvalue weighted by atomic mass is 16.7. The molecule has 1 aliphatic heterocycles. The maximum atomic E-state index is 13.8. The molecule has 180 valence electrons. The first-order chi connectivity index (χ1) is 15.6. The number of esters is 3. The molecule has 1 saturated heterocycles. The minimum Gasteiger partial charge on any atom is -0.472 e. The first kappa shape index (κ1) is 23.5. The molecule has 9 nitrogen and oxygen atoms in total. The molecule has 1 aromatic heterocycles. The lowest BCUT2D eigenvalue weighted by molar-refractivity contribution is -0.212. The fourth-order valence-electron chi connectivity index (χ4n) is 6.54. The van der Waals surface area contributed by atoms with Crippen LogP contribution in [0.5, 0.6) is 0 Å². The van der Waals surface area contributed by atoms with Gasteiger partial charge < -0.3 is 23.4 Å². The molecular formula is C24H30O9. The Morgan fingerprint density at radius 1 is 1.21 bits per heavy atom. The molecule has 9 heteroatoms. The first-order valence-electron chi connectivity index (χ1n) is 11.2. The van der Waals surface area contributed by atoms with Crippen LogP contribution < -0.4 is 0 Å². The predicted molar refractivity (Wildman–Crippen MR) is 111 cm³/mol. The molecule has 0 amide bonds. The average Bonchev–Trinajstić information content (AvgIpc) is 3.27. The maximum Gasteiger partial charge on any atom is 0.311 e. The summed E-state index contributed by atoms with van der Waals surface area (Å²) in [4.78, 5) is 51.8. The van der Waals surface area contributed by atoms with E-state index in [9.17, 15) is 19.2 Å². The van der Waals surface area contributed by atoms with Gasteiger partial charge in [-0.25, -0.2) is 0 Å². The molecule has 0 spiro atoms. The summed E-state index contributed by atoms with van der Waals surface area (Å²) in [5.41, 5.74) is -0.867. The van der Waals surface area contributed by atoms with Crippen LogP contribution in [0.4, 0.5) is 0 Å². The van der Waals surface area contributed by atoms with Gasteiger partial charge in [0, 0.05) is 31.9 Å². The van der Waals surface area contributed by atoms with Crippen LogP contribution in [0.15, 0.2) is 23.0 Å². The lowest BCUT2D eigenvalue weighted by atomic mass is 9.43. The van der Waals surface area contributed by atoms with Crippen molar-refractivity contribution in [2.24, 2.45) is 28.6 Å². The minimum absolute atomic E-state index is 0.0459. The van der Waals surface area contributed by atoms with Crippen molar-refractivity contribution in [3.63, 3.8) is 0 Å². The lowest BCUT2D eigenvalue weighted by Crippen LogP contribution is -2.64. The summed E-state index contributed by atoms with van der Waals surface area (Å²) < 4.78 is 26.5. The summed E-state index contributed by atoms with van der Waals surface area (Å²) in [7, 11) is 1.42. The van der Waals surface area contributed by atoms with Crippen LogP contribution in [0.1, 0.15) is 58.1 Å². The molecular weight excluding hydrogens is 432 g/mol. The summed E-state index contributed by atoms with van der Waals surface area (Å²) in [5, 5.41) is 0. The van der Waals surface area contributed by atoms with Crippen molar-refractivity contribution in [2.75, 3.05) is 13.9 Å². The average molecular weight is 462 g/mol. The van der Waals surface area contributed by atoms with Crippen LogP contribution >= 0.6 is 0 Å². The highest BCUT2D eigenvalue weighted by Gasteiger charge is 2.67. The molecule has 33 heavy (non-hydrogen) atoms. The normalized spacial score (nSPS) is 38.0. The third-order valence-electron chi connectivity index (χ3n) is 7.93. The number of cyclic esters (lactones) is 1. The molecule has 7 atom stereocenters. The van der Waals surface area contributed by atoms with Crippen molar-refractivity contribution in [1.82, 2.24) is 0 Å². The molecule has 3 fully saturated rings. The lowest BCUT2D eigenvalue weighted by Gasteiger charge is -2.61. The molecule has 0 radical (unpaired) electrons. The zero-order chi connectivity index (χ0) is 24.0. The van der Waals surface area contributed by atoms with Gasteiger partial charge in [-0.05, 0) is 36.2 Å². The number of ketones is 1. The van der Waals surface area contributed by atoms with Crippen molar-refractivity contribution in [3.05, 3.63) is 24.2 Å². The van der Waals surface area contributed by atoms with Crippen LogP contribution in [0.3, 0.4) is 0 Å². The molecule has 0 unspecified atom stereocenters. The van der Waals surface area contributed by atoms with Crippen LogP contribution in [0.25, 0.3) is 0 Å². The van der Waals surface area contributed by atoms with Gasteiger partial charge in [0.25, 0.3) is 0 Å². The van der Waals surface area contributed by atoms with Crippen molar-refractivity contribution in [1.29, 1.82) is 0 Å². The molecule has 0 aromatic carbocycles. The number of carbonyl (C=O) groups excluding carboxylic acids is 4. The molecule has 0 N–H and O–H groups in total. The molecule has 0 bridgehead atoms. The van der Waals surface area contributed by atoms with E-state index >= 15 is 0 Å². The second-order valence-corrected chi connectivity index (χ2v) is 9.88. The zero-order valence-electron chi connectivity index (χ0n) is 19.3. The van der Waals surface area contributed by atoms with Crippen molar-refractivity contribution < 1.29 is 42.5 Å². The van der Waals surface area contributed by atoms with Gasteiger partial charge in [0.15, 0.2) is 18.7 Å². The number of hydrogen-bond donors (Lipinski definition) is 0. The second kappa shape index (κ2) is 8.59. The minimum atomic E-state index is -1.08. The van der Waals surface area contributed by atoms with E-state index in [2.05, 4.69) is 0 Å². The number of carbonyl (C=O) groups is 4. The first-order valence-corrected chi connectivity index (χ1v) is 11.2. The standard InChI is InChI=1S/C24H30O9/c1-13(25)32-17-9-16(21(27)31-12-29-4)23(2)7-5-15-22(28)33-18(14-6-8-30-11-14)10-24(15,3)20(23)19(17)26/h6,8,11,15-18,20H,5,7,9-10,12H2,1-4H3/t15-,16+,17+,18+,20+,23+,24+/m1/s1. The Labute approximate surface area is 192 Å². The molecule has 2 heterocycles. The number of rotatable bonds is 5. The Morgan fingerprint density at radius 2 is 1.97 bits per heavy atom. The Hall–Kier alpha value is -2.68. The quantitative estimate of drug-likeness (QED) is 0.370. The molecule has 2 saturated carbocycles. The number of furan rings is 1. The van der Waals surface area contributed by atoms with Gasteiger partial charge in [-0.3, -0.25) is 19.2 Å². The van der Waals surface area contributed by atoms with Gasteiger partial charge in [0.05, 0.1) is 24.4 Å². The second-order valence-electron chi connectivity index (χ2n) is 9.88. The van der Waals surface area contributed by atoms with Gasteiger partial charge in [-0.15, -0.1) is 0 Å². The van der Waals surface area contributed by atoms with E-state index in [-0.39, 0.29) is 25.0 Å². The Kier molecular flexibility index (Phi) is 6.11.